The number of hydrogen-bond acceptors (Lipinski definition) is 5. The molecule has 5 rings (SSSR count). The normalized spacial score (nSPS) is 17.8. The molecule has 0 saturated carbocycles. The van der Waals surface area contributed by atoms with Gasteiger partial charge in [-0.3, -0.25) is 9.80 Å². The Balaban J connectivity index is 1.30. The van der Waals surface area contributed by atoms with Crippen LogP contribution in [0.3, 0.4) is 0 Å². The lowest BCUT2D eigenvalue weighted by Gasteiger charge is -2.30. The van der Waals surface area contributed by atoms with Crippen molar-refractivity contribution in [2.75, 3.05) is 52.5 Å². The van der Waals surface area contributed by atoms with Crippen LogP contribution in [0, 0.1) is 0 Å². The van der Waals surface area contributed by atoms with Gasteiger partial charge in [-0.1, -0.05) is 0 Å². The number of thiophene rings is 1. The molecule has 0 unspecified atom stereocenters. The molecule has 2 aromatic carbocycles. The van der Waals surface area contributed by atoms with Crippen LogP contribution in [0.5, 0.6) is 11.5 Å². The Morgan fingerprint density at radius 3 is 1.59 bits per heavy atom. The maximum Gasteiger partial charge on any atom is 0.120 e. The zero-order chi connectivity index (χ0) is 18.1. The first-order valence-corrected chi connectivity index (χ1v) is 10.8. The summed E-state index contributed by atoms with van der Waals surface area (Å²) in [5, 5.41) is 2.54. The van der Waals surface area contributed by atoms with E-state index in [1.54, 1.807) is 0 Å². The molecular weight excluding hydrogens is 356 g/mol. The number of benzene rings is 2. The van der Waals surface area contributed by atoms with Gasteiger partial charge in [0.25, 0.3) is 0 Å². The number of ether oxygens (including phenoxy) is 2. The first-order chi connectivity index (χ1) is 13.3. The first kappa shape index (κ1) is 17.3. The van der Waals surface area contributed by atoms with Gasteiger partial charge in [0.1, 0.15) is 24.7 Å². The molecule has 2 aliphatic heterocycles. The Kier molecular flexibility index (Phi) is 4.91. The van der Waals surface area contributed by atoms with Gasteiger partial charge in [-0.25, -0.2) is 0 Å². The lowest BCUT2D eigenvalue weighted by atomic mass is 10.1. The largest absolute Gasteiger partial charge is 0.492 e. The van der Waals surface area contributed by atoms with E-state index in [1.807, 2.05) is 11.3 Å². The number of rotatable bonds is 8. The van der Waals surface area contributed by atoms with E-state index in [2.05, 4.69) is 46.2 Å². The SMILES string of the molecule is c1cc2sc3ccc(OCCN4CCC4)cc3c2cc1OCCN1CCC1. The molecule has 0 bridgehead atoms. The van der Waals surface area contributed by atoms with Crippen LogP contribution in [0.4, 0.5) is 0 Å². The molecule has 1 aromatic heterocycles. The Morgan fingerprint density at radius 2 is 1.19 bits per heavy atom. The van der Waals surface area contributed by atoms with Crippen LogP contribution in [0.1, 0.15) is 12.8 Å². The molecule has 0 amide bonds. The lowest BCUT2D eigenvalue weighted by molar-refractivity contribution is 0.147. The van der Waals surface area contributed by atoms with Crippen molar-refractivity contribution in [3.05, 3.63) is 36.4 Å². The molecule has 27 heavy (non-hydrogen) atoms. The highest BCUT2D eigenvalue weighted by atomic mass is 32.1. The van der Waals surface area contributed by atoms with Gasteiger partial charge in [0.05, 0.1) is 0 Å². The quantitative estimate of drug-likeness (QED) is 0.582. The second kappa shape index (κ2) is 7.66. The van der Waals surface area contributed by atoms with Crippen LogP contribution in [-0.2, 0) is 0 Å². The van der Waals surface area contributed by atoms with Crippen molar-refractivity contribution in [2.24, 2.45) is 0 Å². The highest BCUT2D eigenvalue weighted by molar-refractivity contribution is 7.25. The average Bonchev–Trinajstić information content (AvgIpc) is 2.96. The second-order valence-corrected chi connectivity index (χ2v) is 8.59. The summed E-state index contributed by atoms with van der Waals surface area (Å²) in [4.78, 5) is 4.87. The minimum absolute atomic E-state index is 0.762. The fraction of sp³-hybridized carbons (Fsp3) is 0.455. The van der Waals surface area contributed by atoms with Crippen molar-refractivity contribution in [1.29, 1.82) is 0 Å². The number of hydrogen-bond donors (Lipinski definition) is 0. The monoisotopic (exact) mass is 382 g/mol. The molecule has 3 heterocycles. The van der Waals surface area contributed by atoms with E-state index >= 15 is 0 Å². The molecule has 2 fully saturated rings. The summed E-state index contributed by atoms with van der Waals surface area (Å²) in [6, 6.07) is 12.9. The summed E-state index contributed by atoms with van der Waals surface area (Å²) in [6.07, 6.45) is 2.66. The van der Waals surface area contributed by atoms with Crippen molar-refractivity contribution in [1.82, 2.24) is 9.80 Å². The third-order valence-corrected chi connectivity index (χ3v) is 6.81. The van der Waals surface area contributed by atoms with Crippen LogP contribution in [0.25, 0.3) is 20.2 Å². The fourth-order valence-corrected chi connectivity index (χ4v) is 4.78. The predicted octanol–water partition coefficient (Wildman–Crippen LogP) is 4.22. The van der Waals surface area contributed by atoms with Crippen LogP contribution in [0.2, 0.25) is 0 Å². The molecule has 0 aliphatic carbocycles. The minimum atomic E-state index is 0.762. The van der Waals surface area contributed by atoms with E-state index < -0.39 is 0 Å². The molecule has 4 nitrogen and oxygen atoms in total. The molecule has 0 N–H and O–H groups in total. The molecule has 5 heteroatoms. The third kappa shape index (κ3) is 3.77. The van der Waals surface area contributed by atoms with Crippen molar-refractivity contribution in [3.63, 3.8) is 0 Å². The lowest BCUT2D eigenvalue weighted by Crippen LogP contribution is -2.39. The van der Waals surface area contributed by atoms with Crippen molar-refractivity contribution in [3.8, 4) is 11.5 Å². The van der Waals surface area contributed by atoms with Crippen LogP contribution in [0.15, 0.2) is 36.4 Å². The predicted molar refractivity (Wildman–Crippen MR) is 112 cm³/mol. The summed E-state index contributed by atoms with van der Waals surface area (Å²) >= 11 is 1.83. The molecular formula is C22H26N2O2S. The molecule has 2 aliphatic rings. The van der Waals surface area contributed by atoms with Gasteiger partial charge in [0, 0.05) is 33.3 Å². The standard InChI is InChI=1S/C22H26N2O2S/c1-7-23(8-1)11-13-25-17-3-5-21-19(15-17)20-16-18(4-6-22(20)27-21)26-14-12-24-9-2-10-24/h3-6,15-16H,1-2,7-14H2. The summed E-state index contributed by atoms with van der Waals surface area (Å²) in [6.45, 7) is 8.46. The number of nitrogens with zero attached hydrogens (tertiary/aromatic N) is 2. The Hall–Kier alpha value is -1.82. The van der Waals surface area contributed by atoms with Gasteiger partial charge < -0.3 is 9.47 Å². The van der Waals surface area contributed by atoms with Gasteiger partial charge in [-0.05, 0) is 75.4 Å². The summed E-state index contributed by atoms with van der Waals surface area (Å²) < 4.78 is 14.6. The van der Waals surface area contributed by atoms with E-state index in [4.69, 9.17) is 9.47 Å². The molecule has 3 aromatic rings. The first-order valence-electron chi connectivity index (χ1n) is 10.0. The number of likely N-dealkylation sites (tertiary alicyclic amines) is 2. The smallest absolute Gasteiger partial charge is 0.120 e. The van der Waals surface area contributed by atoms with Crippen molar-refractivity contribution >= 4 is 31.5 Å². The second-order valence-electron chi connectivity index (χ2n) is 7.51. The highest BCUT2D eigenvalue weighted by Crippen LogP contribution is 2.37. The highest BCUT2D eigenvalue weighted by Gasteiger charge is 2.14. The number of fused-ring (bicyclic) bond motifs is 3. The zero-order valence-corrected chi connectivity index (χ0v) is 16.5. The molecule has 142 valence electrons. The molecule has 2 saturated heterocycles. The van der Waals surface area contributed by atoms with Crippen LogP contribution >= 0.6 is 11.3 Å². The van der Waals surface area contributed by atoms with E-state index in [1.165, 1.54) is 59.2 Å². The Morgan fingerprint density at radius 1 is 0.704 bits per heavy atom. The van der Waals surface area contributed by atoms with Gasteiger partial charge in [0.2, 0.25) is 0 Å². The minimum Gasteiger partial charge on any atom is -0.492 e. The van der Waals surface area contributed by atoms with E-state index in [9.17, 15) is 0 Å². The van der Waals surface area contributed by atoms with Gasteiger partial charge in [-0.2, -0.15) is 0 Å². The fourth-order valence-electron chi connectivity index (χ4n) is 3.71. The third-order valence-electron chi connectivity index (χ3n) is 5.66. The summed E-state index contributed by atoms with van der Waals surface area (Å²) in [7, 11) is 0. The van der Waals surface area contributed by atoms with Crippen molar-refractivity contribution in [2.45, 2.75) is 12.8 Å². The molecule has 0 spiro atoms. The van der Waals surface area contributed by atoms with Gasteiger partial charge >= 0.3 is 0 Å². The van der Waals surface area contributed by atoms with Crippen LogP contribution < -0.4 is 9.47 Å². The average molecular weight is 383 g/mol. The van der Waals surface area contributed by atoms with E-state index in [0.717, 1.165) is 37.8 Å². The summed E-state index contributed by atoms with van der Waals surface area (Å²) in [5.41, 5.74) is 0. The van der Waals surface area contributed by atoms with Crippen molar-refractivity contribution < 1.29 is 9.47 Å². The van der Waals surface area contributed by atoms with E-state index in [0.29, 0.717) is 0 Å². The van der Waals surface area contributed by atoms with E-state index in [-0.39, 0.29) is 0 Å². The van der Waals surface area contributed by atoms with Gasteiger partial charge in [-0.15, -0.1) is 11.3 Å². The summed E-state index contributed by atoms with van der Waals surface area (Å²) in [5.74, 6) is 1.93. The maximum atomic E-state index is 6.01. The maximum absolute atomic E-state index is 6.01. The molecule has 0 atom stereocenters. The Bertz CT molecular complexity index is 856. The van der Waals surface area contributed by atoms with Gasteiger partial charge in [0.15, 0.2) is 0 Å². The topological polar surface area (TPSA) is 24.9 Å². The Labute approximate surface area is 164 Å². The zero-order valence-electron chi connectivity index (χ0n) is 15.7. The van der Waals surface area contributed by atoms with Crippen LogP contribution in [-0.4, -0.2) is 62.3 Å². The molecule has 0 radical (unpaired) electrons.